The minimum absolute atomic E-state index is 0. The van der Waals surface area contributed by atoms with Crippen LogP contribution >= 0.6 is 26.1 Å². The molecular formula is C28H38O5S2. The van der Waals surface area contributed by atoms with Gasteiger partial charge in [-0.2, -0.15) is 13.5 Å². The van der Waals surface area contributed by atoms with E-state index in [-0.39, 0.29) is 42.4 Å². The molecule has 5 nitrogen and oxygen atoms in total. The highest BCUT2D eigenvalue weighted by atomic mass is 32.1. The predicted molar refractivity (Wildman–Crippen MR) is 148 cm³/mol. The first-order valence-electron chi connectivity index (χ1n) is 11.4. The second kappa shape index (κ2) is 11.7. The summed E-state index contributed by atoms with van der Waals surface area (Å²) in [5.74, 6) is 0.787. The molecule has 0 spiro atoms. The van der Waals surface area contributed by atoms with Crippen LogP contribution in [-0.2, 0) is 25.2 Å². The Morgan fingerprint density at radius 1 is 1.03 bits per heavy atom. The lowest BCUT2D eigenvalue weighted by Crippen LogP contribution is -2.31. The lowest BCUT2D eigenvalue weighted by atomic mass is 9.77. The van der Waals surface area contributed by atoms with Crippen LogP contribution < -0.4 is 9.47 Å². The van der Waals surface area contributed by atoms with Gasteiger partial charge in [-0.05, 0) is 62.1 Å². The maximum Gasteiger partial charge on any atom is 0.312 e. The number of fused-ring (bicyclic) bond motifs is 1. The van der Waals surface area contributed by atoms with Crippen LogP contribution in [-0.4, -0.2) is 17.1 Å². The molecule has 0 fully saturated rings. The van der Waals surface area contributed by atoms with Gasteiger partial charge in [-0.25, -0.2) is 0 Å². The number of aryl methyl sites for hydroxylation is 4. The average molecular weight is 519 g/mol. The van der Waals surface area contributed by atoms with Gasteiger partial charge in [0.05, 0.1) is 6.42 Å². The van der Waals surface area contributed by atoms with E-state index in [1.54, 1.807) is 0 Å². The number of hydrogen-bond acceptors (Lipinski definition) is 5. The lowest BCUT2D eigenvalue weighted by molar-refractivity contribution is -0.137. The third kappa shape index (κ3) is 7.87. The largest absolute Gasteiger partial charge is 0.426 e. The van der Waals surface area contributed by atoms with Crippen molar-refractivity contribution in [3.05, 3.63) is 57.6 Å². The summed E-state index contributed by atoms with van der Waals surface area (Å²) in [4.78, 5) is 34.0. The summed E-state index contributed by atoms with van der Waals surface area (Å²) >= 11 is 3.85. The number of benzene rings is 2. The summed E-state index contributed by atoms with van der Waals surface area (Å²) in [6.45, 7) is 17.5. The number of ether oxygens (including phenoxy) is 2. The standard InChI is InChI=1S/C15H20O3S.C13H16O2.H2S/c1-9-6-10(2)14(12(7-9)18-11(3)16)15(4,5)8-13(17)19;1-8-5-9(2)12-10(6-8)15-11(14)7-13(12,3)4;/h6-7H,8H2,1-5H3,(H,17,19);5-6H,7H2,1-4H3;1H2. The summed E-state index contributed by atoms with van der Waals surface area (Å²) < 4.78 is 10.6. The van der Waals surface area contributed by atoms with Crippen molar-refractivity contribution in [3.8, 4) is 11.5 Å². The minimum atomic E-state index is -0.429. The molecular weight excluding hydrogens is 480 g/mol. The highest BCUT2D eigenvalue weighted by Gasteiger charge is 2.35. The molecule has 1 aliphatic heterocycles. The summed E-state index contributed by atoms with van der Waals surface area (Å²) in [7, 11) is 0. The van der Waals surface area contributed by atoms with Crippen LogP contribution in [0.4, 0.5) is 0 Å². The van der Waals surface area contributed by atoms with E-state index < -0.39 is 5.41 Å². The molecule has 2 aromatic carbocycles. The molecule has 0 unspecified atom stereocenters. The molecule has 0 aliphatic carbocycles. The zero-order valence-electron chi connectivity index (χ0n) is 22.2. The smallest absolute Gasteiger partial charge is 0.312 e. The van der Waals surface area contributed by atoms with Gasteiger partial charge in [0, 0.05) is 35.3 Å². The first-order chi connectivity index (χ1) is 15.5. The van der Waals surface area contributed by atoms with Gasteiger partial charge in [0.1, 0.15) is 11.5 Å². The van der Waals surface area contributed by atoms with E-state index in [4.69, 9.17) is 9.47 Å². The van der Waals surface area contributed by atoms with E-state index in [0.29, 0.717) is 12.2 Å². The summed E-state index contributed by atoms with van der Waals surface area (Å²) in [5.41, 5.74) is 5.90. The van der Waals surface area contributed by atoms with Gasteiger partial charge in [0.25, 0.3) is 0 Å². The fourth-order valence-corrected chi connectivity index (χ4v) is 5.38. The quantitative estimate of drug-likeness (QED) is 0.290. The van der Waals surface area contributed by atoms with Gasteiger partial charge >= 0.3 is 11.9 Å². The van der Waals surface area contributed by atoms with Gasteiger partial charge in [0.15, 0.2) is 5.12 Å². The maximum absolute atomic E-state index is 11.4. The third-order valence-electron chi connectivity index (χ3n) is 5.90. The number of rotatable bonds is 4. The fourth-order valence-electron chi connectivity index (χ4n) is 4.98. The van der Waals surface area contributed by atoms with Gasteiger partial charge in [-0.1, -0.05) is 39.8 Å². The molecule has 0 atom stereocenters. The van der Waals surface area contributed by atoms with Gasteiger partial charge in [-0.15, -0.1) is 12.6 Å². The van der Waals surface area contributed by atoms with Crippen molar-refractivity contribution < 1.29 is 23.9 Å². The number of carbonyl (C=O) groups is 3. The minimum Gasteiger partial charge on any atom is -0.426 e. The Morgan fingerprint density at radius 3 is 2.11 bits per heavy atom. The van der Waals surface area contributed by atoms with Crippen molar-refractivity contribution in [2.24, 2.45) is 0 Å². The lowest BCUT2D eigenvalue weighted by Gasteiger charge is -2.32. The van der Waals surface area contributed by atoms with E-state index >= 15 is 0 Å². The molecule has 0 saturated carbocycles. The molecule has 0 saturated heterocycles. The Kier molecular flexibility index (Phi) is 10.3. The average Bonchev–Trinajstić information content (AvgIpc) is 2.56. The van der Waals surface area contributed by atoms with Crippen molar-refractivity contribution in [3.63, 3.8) is 0 Å². The van der Waals surface area contributed by atoms with E-state index in [1.165, 1.54) is 18.1 Å². The van der Waals surface area contributed by atoms with E-state index in [1.807, 2.05) is 52.8 Å². The van der Waals surface area contributed by atoms with Crippen molar-refractivity contribution in [2.75, 3.05) is 0 Å². The van der Waals surface area contributed by atoms with Crippen molar-refractivity contribution in [2.45, 2.75) is 86.0 Å². The highest BCUT2D eigenvalue weighted by Crippen LogP contribution is 2.41. The molecule has 0 aromatic heterocycles. The Labute approximate surface area is 221 Å². The second-order valence-corrected chi connectivity index (χ2v) is 11.0. The monoisotopic (exact) mass is 518 g/mol. The number of esters is 2. The highest BCUT2D eigenvalue weighted by molar-refractivity contribution is 7.96. The third-order valence-corrected chi connectivity index (χ3v) is 6.06. The first-order valence-corrected chi connectivity index (χ1v) is 11.8. The molecule has 35 heavy (non-hydrogen) atoms. The Balaban J connectivity index is 0.000000348. The molecule has 0 amide bonds. The van der Waals surface area contributed by atoms with Gasteiger partial charge in [-0.3, -0.25) is 14.4 Å². The van der Waals surface area contributed by atoms with Crippen molar-refractivity contribution in [1.82, 2.24) is 0 Å². The van der Waals surface area contributed by atoms with Crippen LogP contribution in [0.5, 0.6) is 11.5 Å². The number of thiol groups is 1. The van der Waals surface area contributed by atoms with Crippen LogP contribution in [0.1, 0.15) is 80.8 Å². The second-order valence-electron chi connectivity index (χ2n) is 10.5. The zero-order chi connectivity index (χ0) is 26.0. The first kappa shape index (κ1) is 30.8. The van der Waals surface area contributed by atoms with Crippen molar-refractivity contribution >= 4 is 43.2 Å². The zero-order valence-corrected chi connectivity index (χ0v) is 24.1. The fraction of sp³-hybridized carbons (Fsp3) is 0.464. The molecule has 1 aliphatic rings. The van der Waals surface area contributed by atoms with E-state index in [9.17, 15) is 14.4 Å². The normalized spacial score (nSPS) is 13.9. The van der Waals surface area contributed by atoms with Gasteiger partial charge in [0.2, 0.25) is 0 Å². The molecule has 1 heterocycles. The molecule has 2 aromatic rings. The van der Waals surface area contributed by atoms with E-state index in [2.05, 4.69) is 39.5 Å². The van der Waals surface area contributed by atoms with Crippen LogP contribution in [0.25, 0.3) is 0 Å². The topological polar surface area (TPSA) is 69.7 Å². The Bertz CT molecular complexity index is 1130. The summed E-state index contributed by atoms with van der Waals surface area (Å²) in [6.07, 6.45) is 0.748. The van der Waals surface area contributed by atoms with Crippen LogP contribution in [0.3, 0.4) is 0 Å². The Morgan fingerprint density at radius 2 is 1.57 bits per heavy atom. The SMILES string of the molecule is CC(=O)Oc1cc(C)cc(C)c1C(C)(C)CC(=O)S.Cc1cc(C)c2c(c1)OC(=O)CC2(C)C.S. The molecule has 0 N–H and O–H groups in total. The summed E-state index contributed by atoms with van der Waals surface area (Å²) in [5, 5.41) is -0.182. The molecule has 0 radical (unpaired) electrons. The molecule has 192 valence electrons. The number of hydrogen-bond donors (Lipinski definition) is 1. The Hall–Kier alpha value is -2.25. The molecule has 3 rings (SSSR count). The van der Waals surface area contributed by atoms with Gasteiger partial charge < -0.3 is 9.47 Å². The van der Waals surface area contributed by atoms with E-state index in [0.717, 1.165) is 28.0 Å². The maximum atomic E-state index is 11.4. The van der Waals surface area contributed by atoms with Crippen molar-refractivity contribution in [1.29, 1.82) is 0 Å². The molecule has 7 heteroatoms. The van der Waals surface area contributed by atoms with Crippen LogP contribution in [0.2, 0.25) is 0 Å². The summed E-state index contributed by atoms with van der Waals surface area (Å²) in [6, 6.07) is 7.93. The van der Waals surface area contributed by atoms with Crippen LogP contribution in [0, 0.1) is 27.7 Å². The number of carbonyl (C=O) groups excluding carboxylic acids is 3. The van der Waals surface area contributed by atoms with Crippen LogP contribution in [0.15, 0.2) is 24.3 Å². The predicted octanol–water partition coefficient (Wildman–Crippen LogP) is 6.36. The molecule has 0 bridgehead atoms.